The molecule has 7 nitrogen and oxygen atoms in total. The molecular formula is C26H26F6N4O3. The van der Waals surface area contributed by atoms with Gasteiger partial charge in [-0.15, -0.1) is 0 Å². The van der Waals surface area contributed by atoms with Gasteiger partial charge < -0.3 is 16.4 Å². The number of para-hydroxylation sites is 1. The van der Waals surface area contributed by atoms with Gasteiger partial charge in [-0.3, -0.25) is 14.4 Å². The maximum absolute atomic E-state index is 13.3. The van der Waals surface area contributed by atoms with Crippen LogP contribution in [0.3, 0.4) is 0 Å². The van der Waals surface area contributed by atoms with Gasteiger partial charge in [-0.2, -0.15) is 26.3 Å². The summed E-state index contributed by atoms with van der Waals surface area (Å²) in [5.41, 5.74) is 7.09. The topological polar surface area (TPSA) is 114 Å². The number of rotatable bonds is 10. The smallest absolute Gasteiger partial charge is 0.369 e. The molecule has 0 aliphatic carbocycles. The van der Waals surface area contributed by atoms with Crippen LogP contribution in [0.25, 0.3) is 0 Å². The largest absolute Gasteiger partial charge is 0.389 e. The molecule has 210 valence electrons. The summed E-state index contributed by atoms with van der Waals surface area (Å²) in [7, 11) is 0. The molecule has 0 saturated carbocycles. The molecule has 39 heavy (non-hydrogen) atoms. The Kier molecular flexibility index (Phi) is 9.36. The highest BCUT2D eigenvalue weighted by Crippen LogP contribution is 2.32. The maximum Gasteiger partial charge on any atom is 0.389 e. The van der Waals surface area contributed by atoms with Gasteiger partial charge in [-0.25, -0.2) is 4.99 Å². The van der Waals surface area contributed by atoms with Crippen LogP contribution in [0, 0.1) is 11.8 Å². The number of fused-ring (bicyclic) bond motifs is 1. The number of carbonyl (C=O) groups excluding carboxylic acids is 3. The summed E-state index contributed by atoms with van der Waals surface area (Å²) in [6, 6.07) is 15.3. The molecule has 0 spiro atoms. The lowest BCUT2D eigenvalue weighted by atomic mass is 9.83. The maximum atomic E-state index is 13.3. The number of aliphatic imine (C=N–C) groups is 1. The fraction of sp³-hybridized carbons (Fsp3) is 0.385. The minimum absolute atomic E-state index is 0.304. The van der Waals surface area contributed by atoms with Crippen LogP contribution < -0.4 is 16.4 Å². The minimum atomic E-state index is -4.72. The zero-order chi connectivity index (χ0) is 28.8. The van der Waals surface area contributed by atoms with Crippen molar-refractivity contribution in [3.05, 3.63) is 65.7 Å². The van der Waals surface area contributed by atoms with Crippen LogP contribution in [0.5, 0.6) is 0 Å². The Bertz CT molecular complexity index is 1210. The van der Waals surface area contributed by atoms with E-state index in [0.29, 0.717) is 22.5 Å². The number of benzodiazepines with no additional fused rings is 1. The Morgan fingerprint density at radius 2 is 1.51 bits per heavy atom. The average molecular weight is 557 g/mol. The number of nitrogens with zero attached hydrogens (tertiary/aromatic N) is 1. The normalized spacial score (nSPS) is 17.2. The number of carbonyl (C=O) groups is 3. The van der Waals surface area contributed by atoms with Gasteiger partial charge in [0.2, 0.25) is 18.0 Å². The number of nitrogens with one attached hydrogen (secondary N) is 2. The number of hydrogen-bond acceptors (Lipinski definition) is 4. The number of primary amides is 1. The molecule has 13 heteroatoms. The molecule has 0 fully saturated rings. The molecule has 0 unspecified atom stereocenters. The molecule has 1 heterocycles. The van der Waals surface area contributed by atoms with Gasteiger partial charge in [0.1, 0.15) is 0 Å². The van der Waals surface area contributed by atoms with Crippen molar-refractivity contribution >= 4 is 29.1 Å². The van der Waals surface area contributed by atoms with Crippen molar-refractivity contribution in [2.24, 2.45) is 22.6 Å². The van der Waals surface area contributed by atoms with Crippen LogP contribution in [0.1, 0.15) is 43.2 Å². The fourth-order valence-electron chi connectivity index (χ4n) is 4.32. The van der Waals surface area contributed by atoms with Gasteiger partial charge in [0.15, 0.2) is 0 Å². The Morgan fingerprint density at radius 3 is 2.13 bits per heavy atom. The van der Waals surface area contributed by atoms with Crippen LogP contribution in [0.4, 0.5) is 32.0 Å². The highest BCUT2D eigenvalue weighted by molar-refractivity contribution is 6.19. The van der Waals surface area contributed by atoms with E-state index in [1.807, 2.05) is 0 Å². The Morgan fingerprint density at radius 1 is 0.897 bits per heavy atom. The lowest BCUT2D eigenvalue weighted by Gasteiger charge is -2.26. The van der Waals surface area contributed by atoms with Gasteiger partial charge in [0.05, 0.1) is 11.4 Å². The predicted molar refractivity (Wildman–Crippen MR) is 130 cm³/mol. The van der Waals surface area contributed by atoms with E-state index in [-0.39, 0.29) is 0 Å². The van der Waals surface area contributed by atoms with Crippen molar-refractivity contribution in [2.45, 2.75) is 50.6 Å². The molecule has 0 radical (unpaired) electrons. The molecule has 2 aromatic carbocycles. The van der Waals surface area contributed by atoms with E-state index >= 15 is 0 Å². The summed E-state index contributed by atoms with van der Waals surface area (Å²) in [6.45, 7) is 0. The molecule has 2 aromatic rings. The van der Waals surface area contributed by atoms with E-state index < -0.39 is 80.2 Å². The lowest BCUT2D eigenvalue weighted by molar-refractivity contribution is -0.147. The molecule has 0 saturated heterocycles. The number of hydrogen-bond donors (Lipinski definition) is 3. The third kappa shape index (κ3) is 8.55. The van der Waals surface area contributed by atoms with E-state index in [1.165, 1.54) is 0 Å². The first kappa shape index (κ1) is 29.7. The first-order chi connectivity index (χ1) is 18.2. The van der Waals surface area contributed by atoms with Crippen LogP contribution in [0.2, 0.25) is 0 Å². The van der Waals surface area contributed by atoms with Gasteiger partial charge in [-0.05, 0) is 25.3 Å². The zero-order valence-corrected chi connectivity index (χ0v) is 20.5. The quantitative estimate of drug-likeness (QED) is 0.369. The molecule has 4 N–H and O–H groups in total. The molecule has 3 atom stereocenters. The standard InChI is InChI=1S/C26H26F6N4O3/c27-25(28,29)13-6-10-16(21(33)37)17(12-14-26(30,31)32)23(38)36-22-24(39)34-19-11-5-4-9-18(19)20(35-22)15-7-2-1-3-8-15/h1-5,7-9,11,16-17,22H,6,10,12-14H2,(H2,33,37)(H,34,39)(H,36,38)/t16-,17+,22+/m0/s1. The summed E-state index contributed by atoms with van der Waals surface area (Å²) >= 11 is 0. The van der Waals surface area contributed by atoms with Crippen LogP contribution in [-0.2, 0) is 14.4 Å². The van der Waals surface area contributed by atoms with Crippen molar-refractivity contribution in [1.82, 2.24) is 5.32 Å². The SMILES string of the molecule is NC(=O)[C@@H](CCCC(F)(F)F)[C@@H](CCC(F)(F)F)C(=O)N[C@H]1N=C(c2ccccc2)c2ccccc2NC1=O. The number of amides is 3. The first-order valence-electron chi connectivity index (χ1n) is 12.0. The summed E-state index contributed by atoms with van der Waals surface area (Å²) in [6.07, 6.45) is -15.8. The monoisotopic (exact) mass is 556 g/mol. The molecule has 0 bridgehead atoms. The molecule has 1 aliphatic heterocycles. The molecule has 3 amide bonds. The summed E-state index contributed by atoms with van der Waals surface area (Å²) in [5, 5.41) is 4.90. The van der Waals surface area contributed by atoms with Crippen LogP contribution in [-0.4, -0.2) is 42.0 Å². The number of benzene rings is 2. The first-order valence-corrected chi connectivity index (χ1v) is 12.0. The van der Waals surface area contributed by atoms with Crippen molar-refractivity contribution in [2.75, 3.05) is 5.32 Å². The predicted octanol–water partition coefficient (Wildman–Crippen LogP) is 4.71. The van der Waals surface area contributed by atoms with Crippen molar-refractivity contribution in [3.8, 4) is 0 Å². The second-order valence-corrected chi connectivity index (χ2v) is 9.07. The minimum Gasteiger partial charge on any atom is -0.369 e. The van der Waals surface area contributed by atoms with Gasteiger partial charge >= 0.3 is 12.4 Å². The number of halogens is 6. The summed E-state index contributed by atoms with van der Waals surface area (Å²) < 4.78 is 77.0. The number of alkyl halides is 6. The lowest BCUT2D eigenvalue weighted by Crippen LogP contribution is -2.48. The van der Waals surface area contributed by atoms with Crippen LogP contribution in [0.15, 0.2) is 59.6 Å². The van der Waals surface area contributed by atoms with E-state index in [2.05, 4.69) is 15.6 Å². The second-order valence-electron chi connectivity index (χ2n) is 9.07. The third-order valence-electron chi connectivity index (χ3n) is 6.17. The Hall–Kier alpha value is -3.90. The fourth-order valence-corrected chi connectivity index (χ4v) is 4.32. The highest BCUT2D eigenvalue weighted by Gasteiger charge is 2.39. The van der Waals surface area contributed by atoms with E-state index in [1.54, 1.807) is 54.6 Å². The van der Waals surface area contributed by atoms with E-state index in [9.17, 15) is 40.7 Å². The molecule has 3 rings (SSSR count). The van der Waals surface area contributed by atoms with Gasteiger partial charge in [0, 0.05) is 35.8 Å². The van der Waals surface area contributed by atoms with Crippen molar-refractivity contribution in [1.29, 1.82) is 0 Å². The average Bonchev–Trinajstić information content (AvgIpc) is 2.98. The number of anilines is 1. The Balaban J connectivity index is 1.93. The Labute approximate surface area is 219 Å². The van der Waals surface area contributed by atoms with Crippen molar-refractivity contribution in [3.63, 3.8) is 0 Å². The third-order valence-corrected chi connectivity index (χ3v) is 6.17. The molecule has 0 aromatic heterocycles. The van der Waals surface area contributed by atoms with E-state index in [4.69, 9.17) is 5.73 Å². The highest BCUT2D eigenvalue weighted by atomic mass is 19.4. The zero-order valence-electron chi connectivity index (χ0n) is 20.5. The molecule has 1 aliphatic rings. The second kappa shape index (κ2) is 12.3. The van der Waals surface area contributed by atoms with Gasteiger partial charge in [0.25, 0.3) is 5.91 Å². The van der Waals surface area contributed by atoms with Gasteiger partial charge in [-0.1, -0.05) is 48.5 Å². The van der Waals surface area contributed by atoms with Crippen molar-refractivity contribution < 1.29 is 40.7 Å². The molecular weight excluding hydrogens is 530 g/mol. The van der Waals surface area contributed by atoms with E-state index in [0.717, 1.165) is 0 Å². The summed E-state index contributed by atoms with van der Waals surface area (Å²) in [4.78, 5) is 42.7. The van der Waals surface area contributed by atoms with Crippen LogP contribution >= 0.6 is 0 Å². The summed E-state index contributed by atoms with van der Waals surface area (Å²) in [5.74, 6) is -6.54. The number of nitrogens with two attached hydrogens (primary N) is 1.